The number of aromatic nitrogens is 1. The topological polar surface area (TPSA) is 45.7 Å². The van der Waals surface area contributed by atoms with E-state index < -0.39 is 0 Å². The van der Waals surface area contributed by atoms with Crippen LogP contribution >= 0.6 is 11.6 Å². The molecule has 1 aliphatic rings. The molecule has 1 fully saturated rings. The van der Waals surface area contributed by atoms with Gasteiger partial charge in [0.15, 0.2) is 0 Å². The normalized spacial score (nSPS) is 15.5. The van der Waals surface area contributed by atoms with Gasteiger partial charge in [0.25, 0.3) is 0 Å². The molecule has 1 saturated heterocycles. The zero-order chi connectivity index (χ0) is 21.6. The van der Waals surface area contributed by atoms with E-state index in [-0.39, 0.29) is 24.6 Å². The third-order valence-electron chi connectivity index (χ3n) is 5.40. The van der Waals surface area contributed by atoms with Gasteiger partial charge in [-0.25, -0.2) is 9.18 Å². The van der Waals surface area contributed by atoms with Gasteiger partial charge < -0.3 is 9.64 Å². The molecule has 0 saturated carbocycles. The van der Waals surface area contributed by atoms with Gasteiger partial charge in [0, 0.05) is 49.2 Å². The van der Waals surface area contributed by atoms with Crippen molar-refractivity contribution in [3.63, 3.8) is 0 Å². The van der Waals surface area contributed by atoms with Crippen LogP contribution in [0.25, 0.3) is 0 Å². The molecule has 0 spiro atoms. The minimum atomic E-state index is -0.356. The molecule has 160 valence electrons. The smallest absolute Gasteiger partial charge is 0.410 e. The summed E-state index contributed by atoms with van der Waals surface area (Å²) in [5, 5.41) is 0.358. The lowest BCUT2D eigenvalue weighted by molar-refractivity contribution is 0.0641. The zero-order valence-electron chi connectivity index (χ0n) is 17.0. The van der Waals surface area contributed by atoms with Crippen molar-refractivity contribution in [1.82, 2.24) is 14.8 Å². The molecule has 1 aromatic heterocycles. The molecule has 0 N–H and O–H groups in total. The molecule has 5 nitrogen and oxygen atoms in total. The van der Waals surface area contributed by atoms with Gasteiger partial charge >= 0.3 is 6.09 Å². The highest BCUT2D eigenvalue weighted by atomic mass is 35.5. The summed E-state index contributed by atoms with van der Waals surface area (Å²) in [7, 11) is 0. The number of pyridine rings is 1. The van der Waals surface area contributed by atoms with E-state index in [4.69, 9.17) is 16.3 Å². The van der Waals surface area contributed by atoms with E-state index in [0.717, 1.165) is 11.1 Å². The molecule has 1 unspecified atom stereocenters. The first kappa shape index (κ1) is 21.3. The summed E-state index contributed by atoms with van der Waals surface area (Å²) in [6.07, 6.45) is 3.11. The lowest BCUT2D eigenvalue weighted by atomic mass is 9.97. The van der Waals surface area contributed by atoms with Gasteiger partial charge in [-0.15, -0.1) is 0 Å². The molecular formula is C24H23ClFN3O2. The Labute approximate surface area is 186 Å². The van der Waals surface area contributed by atoms with Gasteiger partial charge in [0.1, 0.15) is 12.4 Å². The Morgan fingerprint density at radius 2 is 1.84 bits per heavy atom. The molecule has 0 aliphatic carbocycles. The van der Waals surface area contributed by atoms with Crippen LogP contribution in [0.4, 0.5) is 9.18 Å². The summed E-state index contributed by atoms with van der Waals surface area (Å²) in [4.78, 5) is 20.5. The van der Waals surface area contributed by atoms with Crippen molar-refractivity contribution in [3.8, 4) is 0 Å². The number of carbonyl (C=O) groups is 1. The minimum absolute atomic E-state index is 0.244. The molecule has 0 radical (unpaired) electrons. The summed E-state index contributed by atoms with van der Waals surface area (Å²) in [5.74, 6) is -0.356. The molecule has 4 rings (SSSR count). The molecule has 1 aliphatic heterocycles. The second kappa shape index (κ2) is 9.90. The van der Waals surface area contributed by atoms with Gasteiger partial charge in [-0.1, -0.05) is 54.1 Å². The monoisotopic (exact) mass is 439 g/mol. The van der Waals surface area contributed by atoms with Crippen molar-refractivity contribution in [1.29, 1.82) is 0 Å². The highest BCUT2D eigenvalue weighted by molar-refractivity contribution is 6.30. The number of amides is 1. The largest absolute Gasteiger partial charge is 0.445 e. The van der Waals surface area contributed by atoms with Crippen LogP contribution in [-0.2, 0) is 11.3 Å². The predicted molar refractivity (Wildman–Crippen MR) is 117 cm³/mol. The van der Waals surface area contributed by atoms with E-state index in [1.165, 1.54) is 6.07 Å². The van der Waals surface area contributed by atoms with Crippen molar-refractivity contribution in [2.45, 2.75) is 12.6 Å². The highest BCUT2D eigenvalue weighted by Crippen LogP contribution is 2.32. The van der Waals surface area contributed by atoms with Crippen LogP contribution in [0, 0.1) is 5.82 Å². The van der Waals surface area contributed by atoms with Gasteiger partial charge in [0.05, 0.1) is 6.04 Å². The van der Waals surface area contributed by atoms with Gasteiger partial charge in [0.2, 0.25) is 0 Å². The molecular weight excluding hydrogens is 417 g/mol. The summed E-state index contributed by atoms with van der Waals surface area (Å²) in [6.45, 7) is 2.41. The van der Waals surface area contributed by atoms with Gasteiger partial charge in [-0.3, -0.25) is 9.88 Å². The number of carbonyl (C=O) groups excluding carboxylic acids is 1. The van der Waals surface area contributed by atoms with E-state index in [1.807, 2.05) is 42.5 Å². The molecule has 3 aromatic rings. The molecule has 31 heavy (non-hydrogen) atoms. The number of ether oxygens (including phenoxy) is 1. The van der Waals surface area contributed by atoms with Crippen LogP contribution in [-0.4, -0.2) is 47.1 Å². The Morgan fingerprint density at radius 3 is 2.52 bits per heavy atom. The first-order valence-electron chi connectivity index (χ1n) is 10.2. The van der Waals surface area contributed by atoms with Crippen LogP contribution < -0.4 is 0 Å². The number of nitrogens with zero attached hydrogens (tertiary/aromatic N) is 3. The molecule has 2 heterocycles. The SMILES string of the molecule is O=C(OCc1ccccc1)N1CCN(C(c2cccnc2)c2ccc(Cl)cc2F)CC1. The molecule has 1 amide bonds. The summed E-state index contributed by atoms with van der Waals surface area (Å²) in [5.41, 5.74) is 2.38. The van der Waals surface area contributed by atoms with E-state index in [0.29, 0.717) is 36.8 Å². The predicted octanol–water partition coefficient (Wildman–Crippen LogP) is 4.92. The van der Waals surface area contributed by atoms with Crippen LogP contribution in [0.3, 0.4) is 0 Å². The standard InChI is InChI=1S/C24H23ClFN3O2/c25-20-8-9-21(22(26)15-20)23(19-7-4-10-27-16-19)28-11-13-29(14-12-28)24(30)31-17-18-5-2-1-3-6-18/h1-10,15-16,23H,11-14,17H2. The summed E-state index contributed by atoms with van der Waals surface area (Å²) >= 11 is 5.96. The van der Waals surface area contributed by atoms with Crippen LogP contribution in [0.15, 0.2) is 73.1 Å². The lowest BCUT2D eigenvalue weighted by Crippen LogP contribution is -2.50. The van der Waals surface area contributed by atoms with Crippen molar-refractivity contribution in [3.05, 3.63) is 101 Å². The second-order valence-electron chi connectivity index (χ2n) is 7.42. The Morgan fingerprint density at radius 1 is 1.06 bits per heavy atom. The quantitative estimate of drug-likeness (QED) is 0.566. The highest BCUT2D eigenvalue weighted by Gasteiger charge is 2.30. The average molecular weight is 440 g/mol. The fourth-order valence-electron chi connectivity index (χ4n) is 3.82. The maximum atomic E-state index is 14.8. The maximum absolute atomic E-state index is 14.8. The number of hydrogen-bond acceptors (Lipinski definition) is 4. The first-order chi connectivity index (χ1) is 15.1. The molecule has 7 heteroatoms. The fraction of sp³-hybridized carbons (Fsp3) is 0.250. The molecule has 2 aromatic carbocycles. The fourth-order valence-corrected chi connectivity index (χ4v) is 3.98. The Hall–Kier alpha value is -2.96. The summed E-state index contributed by atoms with van der Waals surface area (Å²) < 4.78 is 20.2. The first-order valence-corrected chi connectivity index (χ1v) is 10.5. The van der Waals surface area contributed by atoms with Crippen LogP contribution in [0.2, 0.25) is 5.02 Å². The van der Waals surface area contributed by atoms with E-state index in [9.17, 15) is 9.18 Å². The van der Waals surface area contributed by atoms with Crippen molar-refractivity contribution >= 4 is 17.7 Å². The lowest BCUT2D eigenvalue weighted by Gasteiger charge is -2.39. The van der Waals surface area contributed by atoms with Crippen molar-refractivity contribution in [2.24, 2.45) is 0 Å². The van der Waals surface area contributed by atoms with Crippen LogP contribution in [0.5, 0.6) is 0 Å². The van der Waals surface area contributed by atoms with Crippen molar-refractivity contribution < 1.29 is 13.9 Å². The zero-order valence-corrected chi connectivity index (χ0v) is 17.7. The van der Waals surface area contributed by atoms with Crippen LogP contribution in [0.1, 0.15) is 22.7 Å². The van der Waals surface area contributed by atoms with E-state index in [2.05, 4.69) is 9.88 Å². The molecule has 1 atom stereocenters. The third kappa shape index (κ3) is 5.21. The number of piperazine rings is 1. The van der Waals surface area contributed by atoms with Gasteiger partial charge in [-0.2, -0.15) is 0 Å². The average Bonchev–Trinajstić information content (AvgIpc) is 2.81. The number of benzene rings is 2. The Balaban J connectivity index is 1.45. The van der Waals surface area contributed by atoms with Gasteiger partial charge in [-0.05, 0) is 29.3 Å². The Kier molecular flexibility index (Phi) is 6.79. The minimum Gasteiger partial charge on any atom is -0.445 e. The Bertz CT molecular complexity index is 1010. The maximum Gasteiger partial charge on any atom is 0.410 e. The molecule has 0 bridgehead atoms. The van der Waals surface area contributed by atoms with Crippen molar-refractivity contribution in [2.75, 3.05) is 26.2 Å². The second-order valence-corrected chi connectivity index (χ2v) is 7.85. The number of rotatable bonds is 5. The van der Waals surface area contributed by atoms with E-state index >= 15 is 0 Å². The third-order valence-corrected chi connectivity index (χ3v) is 5.64. The summed E-state index contributed by atoms with van der Waals surface area (Å²) in [6, 6.07) is 17.8. The number of hydrogen-bond donors (Lipinski definition) is 0. The van der Waals surface area contributed by atoms with E-state index in [1.54, 1.807) is 29.4 Å². The number of halogens is 2.